The van der Waals surface area contributed by atoms with Crippen molar-refractivity contribution in [2.24, 2.45) is 0 Å². The number of hydrogen-bond acceptors (Lipinski definition) is 4. The van der Waals surface area contributed by atoms with Gasteiger partial charge >= 0.3 is 0 Å². The van der Waals surface area contributed by atoms with Crippen molar-refractivity contribution in [3.8, 4) is 11.4 Å². The third-order valence-corrected chi connectivity index (χ3v) is 3.67. The summed E-state index contributed by atoms with van der Waals surface area (Å²) in [5, 5.41) is 8.29. The fourth-order valence-corrected chi connectivity index (χ4v) is 2.65. The molecule has 1 saturated heterocycles. The predicted octanol–water partition coefficient (Wildman–Crippen LogP) is 3.54. The molecule has 1 aromatic heterocycles. The number of rotatable bonds is 2. The molecule has 0 amide bonds. The van der Waals surface area contributed by atoms with Gasteiger partial charge < -0.3 is 9.84 Å². The van der Waals surface area contributed by atoms with Crippen LogP contribution in [0.1, 0.15) is 18.2 Å². The van der Waals surface area contributed by atoms with Crippen LogP contribution in [0, 0.1) is 0 Å². The molecule has 0 spiro atoms. The van der Waals surface area contributed by atoms with E-state index in [0.29, 0.717) is 27.3 Å². The van der Waals surface area contributed by atoms with Crippen LogP contribution in [0.4, 0.5) is 0 Å². The summed E-state index contributed by atoms with van der Waals surface area (Å²) >= 11 is 12.2. The Kier molecular flexibility index (Phi) is 4.68. The lowest BCUT2D eigenvalue weighted by Crippen LogP contribution is -2.08. The Hall–Kier alpha value is -0.810. The molecule has 0 radical (unpaired) electrons. The van der Waals surface area contributed by atoms with Gasteiger partial charge in [0, 0.05) is 6.54 Å². The molecule has 102 valence electrons. The molecule has 1 fully saturated rings. The van der Waals surface area contributed by atoms with Gasteiger partial charge in [-0.1, -0.05) is 34.4 Å². The third kappa shape index (κ3) is 2.87. The summed E-state index contributed by atoms with van der Waals surface area (Å²) in [6.07, 6.45) is 1.01. The normalized spacial score (nSPS) is 18.3. The molecule has 4 nitrogen and oxygen atoms in total. The van der Waals surface area contributed by atoms with Crippen LogP contribution in [0.25, 0.3) is 11.4 Å². The Balaban J connectivity index is 0.00000133. The van der Waals surface area contributed by atoms with E-state index >= 15 is 0 Å². The number of aromatic nitrogens is 2. The van der Waals surface area contributed by atoms with E-state index in [1.807, 2.05) is 0 Å². The summed E-state index contributed by atoms with van der Waals surface area (Å²) in [7, 11) is 0. The van der Waals surface area contributed by atoms with Crippen molar-refractivity contribution in [3.05, 3.63) is 34.1 Å². The molecular weight excluding hydrogens is 309 g/mol. The van der Waals surface area contributed by atoms with Gasteiger partial charge in [0.1, 0.15) is 0 Å². The predicted molar refractivity (Wildman–Crippen MR) is 77.2 cm³/mol. The highest BCUT2D eigenvalue weighted by molar-refractivity contribution is 6.38. The lowest BCUT2D eigenvalue weighted by Gasteiger charge is -2.01. The Bertz CT molecular complexity index is 547. The lowest BCUT2D eigenvalue weighted by atomic mass is 10.1. The first kappa shape index (κ1) is 14.6. The Morgan fingerprint density at radius 2 is 2.00 bits per heavy atom. The van der Waals surface area contributed by atoms with Crippen molar-refractivity contribution < 1.29 is 4.52 Å². The van der Waals surface area contributed by atoms with Gasteiger partial charge in [0.2, 0.25) is 11.7 Å². The van der Waals surface area contributed by atoms with Crippen LogP contribution < -0.4 is 5.32 Å². The van der Waals surface area contributed by atoms with E-state index in [1.165, 1.54) is 0 Å². The standard InChI is InChI=1S/C12H11Cl2N3O.ClH/c13-8-2-1-3-9(14)10(8)11-16-12(18-17-11)7-4-5-15-6-7;/h1-3,7,15H,4-6H2;1H. The maximum atomic E-state index is 6.11. The molecule has 19 heavy (non-hydrogen) atoms. The summed E-state index contributed by atoms with van der Waals surface area (Å²) in [6, 6.07) is 5.31. The van der Waals surface area contributed by atoms with Crippen LogP contribution in [0.3, 0.4) is 0 Å². The fraction of sp³-hybridized carbons (Fsp3) is 0.333. The van der Waals surface area contributed by atoms with E-state index < -0.39 is 0 Å². The number of hydrogen-bond donors (Lipinski definition) is 1. The molecule has 1 aliphatic rings. The van der Waals surface area contributed by atoms with Gasteiger partial charge in [0.15, 0.2) is 0 Å². The fourth-order valence-electron chi connectivity index (χ4n) is 2.08. The first-order valence-electron chi connectivity index (χ1n) is 5.74. The van der Waals surface area contributed by atoms with Gasteiger partial charge in [-0.05, 0) is 25.1 Å². The Labute approximate surface area is 126 Å². The minimum atomic E-state index is 0. The SMILES string of the molecule is Cl.Clc1cccc(Cl)c1-c1noc(C2CCNC2)n1. The lowest BCUT2D eigenvalue weighted by molar-refractivity contribution is 0.359. The van der Waals surface area contributed by atoms with E-state index in [0.717, 1.165) is 19.5 Å². The van der Waals surface area contributed by atoms with Gasteiger partial charge in [-0.15, -0.1) is 12.4 Å². The summed E-state index contributed by atoms with van der Waals surface area (Å²) in [6.45, 7) is 1.85. The minimum absolute atomic E-state index is 0. The zero-order chi connectivity index (χ0) is 12.5. The van der Waals surface area contributed by atoms with Crippen molar-refractivity contribution in [1.82, 2.24) is 15.5 Å². The first-order chi connectivity index (χ1) is 8.75. The largest absolute Gasteiger partial charge is 0.339 e. The minimum Gasteiger partial charge on any atom is -0.339 e. The summed E-state index contributed by atoms with van der Waals surface area (Å²) in [5.74, 6) is 1.38. The molecular formula is C12H12Cl3N3O. The number of nitrogens with one attached hydrogen (secondary N) is 1. The third-order valence-electron chi connectivity index (χ3n) is 3.04. The van der Waals surface area contributed by atoms with E-state index in [2.05, 4.69) is 15.5 Å². The molecule has 1 N–H and O–H groups in total. The average Bonchev–Trinajstić information content (AvgIpc) is 2.99. The zero-order valence-corrected chi connectivity index (χ0v) is 12.2. The van der Waals surface area contributed by atoms with Crippen molar-refractivity contribution in [1.29, 1.82) is 0 Å². The first-order valence-corrected chi connectivity index (χ1v) is 6.50. The van der Waals surface area contributed by atoms with Crippen LogP contribution in [0.5, 0.6) is 0 Å². The molecule has 1 atom stereocenters. The summed E-state index contributed by atoms with van der Waals surface area (Å²) in [5.41, 5.74) is 0.627. The molecule has 0 aliphatic carbocycles. The number of benzene rings is 1. The van der Waals surface area contributed by atoms with E-state index in [4.69, 9.17) is 27.7 Å². The van der Waals surface area contributed by atoms with Gasteiger partial charge in [-0.25, -0.2) is 0 Å². The number of halogens is 3. The van der Waals surface area contributed by atoms with Gasteiger partial charge in [-0.3, -0.25) is 0 Å². The monoisotopic (exact) mass is 319 g/mol. The quantitative estimate of drug-likeness (QED) is 0.919. The van der Waals surface area contributed by atoms with Crippen molar-refractivity contribution in [2.45, 2.75) is 12.3 Å². The van der Waals surface area contributed by atoms with Crippen molar-refractivity contribution in [3.63, 3.8) is 0 Å². The molecule has 1 aromatic carbocycles. The van der Waals surface area contributed by atoms with Crippen molar-refractivity contribution >= 4 is 35.6 Å². The highest BCUT2D eigenvalue weighted by atomic mass is 35.5. The van der Waals surface area contributed by atoms with Crippen LogP contribution in [-0.2, 0) is 0 Å². The van der Waals surface area contributed by atoms with Gasteiger partial charge in [-0.2, -0.15) is 4.98 Å². The van der Waals surface area contributed by atoms with E-state index in [9.17, 15) is 0 Å². The topological polar surface area (TPSA) is 51.0 Å². The highest BCUT2D eigenvalue weighted by Crippen LogP contribution is 2.33. The summed E-state index contributed by atoms with van der Waals surface area (Å²) < 4.78 is 5.29. The van der Waals surface area contributed by atoms with Gasteiger partial charge in [0.25, 0.3) is 0 Å². The molecule has 7 heteroatoms. The number of nitrogens with zero attached hydrogens (tertiary/aromatic N) is 2. The average molecular weight is 321 g/mol. The molecule has 2 heterocycles. The van der Waals surface area contributed by atoms with Gasteiger partial charge in [0.05, 0.1) is 21.5 Å². The maximum Gasteiger partial charge on any atom is 0.231 e. The molecule has 2 aromatic rings. The van der Waals surface area contributed by atoms with E-state index in [1.54, 1.807) is 18.2 Å². The van der Waals surface area contributed by atoms with Crippen LogP contribution in [-0.4, -0.2) is 23.2 Å². The van der Waals surface area contributed by atoms with Crippen LogP contribution >= 0.6 is 35.6 Å². The summed E-state index contributed by atoms with van der Waals surface area (Å²) in [4.78, 5) is 4.40. The van der Waals surface area contributed by atoms with Crippen LogP contribution in [0.15, 0.2) is 22.7 Å². The second kappa shape index (κ2) is 6.09. The Morgan fingerprint density at radius 1 is 1.26 bits per heavy atom. The molecule has 0 saturated carbocycles. The Morgan fingerprint density at radius 3 is 2.63 bits per heavy atom. The molecule has 1 aliphatic heterocycles. The van der Waals surface area contributed by atoms with E-state index in [-0.39, 0.29) is 18.3 Å². The molecule has 3 rings (SSSR count). The second-order valence-electron chi connectivity index (χ2n) is 4.24. The second-order valence-corrected chi connectivity index (χ2v) is 5.06. The highest BCUT2D eigenvalue weighted by Gasteiger charge is 2.24. The zero-order valence-electron chi connectivity index (χ0n) is 9.90. The molecule has 0 bridgehead atoms. The van der Waals surface area contributed by atoms with Crippen LogP contribution in [0.2, 0.25) is 10.0 Å². The van der Waals surface area contributed by atoms with Crippen molar-refractivity contribution in [2.75, 3.05) is 13.1 Å². The molecule has 1 unspecified atom stereocenters. The smallest absolute Gasteiger partial charge is 0.231 e. The maximum absolute atomic E-state index is 6.11.